The molecule has 1 aromatic rings. The van der Waals surface area contributed by atoms with Gasteiger partial charge < -0.3 is 9.47 Å². The number of benzene rings is 1. The van der Waals surface area contributed by atoms with Crippen LogP contribution in [-0.2, 0) is 14.3 Å². The van der Waals surface area contributed by atoms with E-state index in [0.717, 1.165) is 17.7 Å². The van der Waals surface area contributed by atoms with Gasteiger partial charge in [-0.15, -0.1) is 0 Å². The van der Waals surface area contributed by atoms with E-state index in [-0.39, 0.29) is 24.5 Å². The van der Waals surface area contributed by atoms with Crippen LogP contribution in [0.2, 0.25) is 0 Å². The lowest BCUT2D eigenvalue weighted by atomic mass is 10.0. The Morgan fingerprint density at radius 2 is 2.14 bits per heavy atom. The van der Waals surface area contributed by atoms with Crippen LogP contribution in [0.15, 0.2) is 42.2 Å². The van der Waals surface area contributed by atoms with Crippen LogP contribution in [0.25, 0.3) is 0 Å². The summed E-state index contributed by atoms with van der Waals surface area (Å²) in [6.45, 7) is 2.18. The molecule has 0 unspecified atom stereocenters. The summed E-state index contributed by atoms with van der Waals surface area (Å²) in [5, 5.41) is 3.35. The summed E-state index contributed by atoms with van der Waals surface area (Å²) >= 11 is 0. The molecule has 1 heterocycles. The van der Waals surface area contributed by atoms with Crippen molar-refractivity contribution in [2.45, 2.75) is 31.8 Å². The zero-order valence-corrected chi connectivity index (χ0v) is 13.0. The van der Waals surface area contributed by atoms with Gasteiger partial charge in [0.15, 0.2) is 0 Å². The third-order valence-electron chi connectivity index (χ3n) is 3.38. The predicted molar refractivity (Wildman–Crippen MR) is 85.0 cm³/mol. The Labute approximate surface area is 131 Å². The number of hydrogen-bond acceptors (Lipinski definition) is 4. The van der Waals surface area contributed by atoms with Crippen molar-refractivity contribution in [3.63, 3.8) is 0 Å². The minimum atomic E-state index is -0.236. The molecule has 4 nitrogen and oxygen atoms in total. The van der Waals surface area contributed by atoms with E-state index in [1.165, 1.54) is 0 Å². The molecule has 0 saturated heterocycles. The largest absolute Gasteiger partial charge is 0.500 e. The minimum Gasteiger partial charge on any atom is -0.500 e. The van der Waals surface area contributed by atoms with Gasteiger partial charge in [0.1, 0.15) is 5.76 Å². The van der Waals surface area contributed by atoms with E-state index in [4.69, 9.17) is 9.47 Å². The van der Waals surface area contributed by atoms with Crippen LogP contribution in [0.3, 0.4) is 0 Å². The fraction of sp³-hybridized carbons (Fsp3) is 0.389. The van der Waals surface area contributed by atoms with Crippen LogP contribution in [0.1, 0.15) is 25.3 Å². The first-order valence-electron chi connectivity index (χ1n) is 7.45. The maximum atomic E-state index is 11.7. The molecule has 0 bridgehead atoms. The van der Waals surface area contributed by atoms with E-state index in [0.29, 0.717) is 6.61 Å². The molecule has 0 amide bonds. The fourth-order valence-electron chi connectivity index (χ4n) is 2.33. The summed E-state index contributed by atoms with van der Waals surface area (Å²) in [6.07, 6.45) is 2.99. The summed E-state index contributed by atoms with van der Waals surface area (Å²) in [5.74, 6) is 6.88. The summed E-state index contributed by atoms with van der Waals surface area (Å²) in [6, 6.07) is 9.65. The average molecular weight is 299 g/mol. The summed E-state index contributed by atoms with van der Waals surface area (Å²) in [7, 11) is 1.61. The number of nitrogens with one attached hydrogen (secondary N) is 1. The zero-order valence-electron chi connectivity index (χ0n) is 13.0. The molecule has 0 fully saturated rings. The summed E-state index contributed by atoms with van der Waals surface area (Å²) in [5.41, 5.74) is 0.979. The van der Waals surface area contributed by atoms with Gasteiger partial charge in [0.2, 0.25) is 0 Å². The molecular formula is C18H21NO3. The van der Waals surface area contributed by atoms with Crippen molar-refractivity contribution >= 4 is 5.97 Å². The molecule has 0 saturated carbocycles. The van der Waals surface area contributed by atoms with Gasteiger partial charge in [0.25, 0.3) is 0 Å². The predicted octanol–water partition coefficient (Wildman–Crippen LogP) is 2.25. The van der Waals surface area contributed by atoms with Crippen molar-refractivity contribution in [2.24, 2.45) is 0 Å². The van der Waals surface area contributed by atoms with Crippen LogP contribution >= 0.6 is 0 Å². The molecule has 4 heteroatoms. The van der Waals surface area contributed by atoms with Gasteiger partial charge >= 0.3 is 5.97 Å². The van der Waals surface area contributed by atoms with Crippen LogP contribution in [0.4, 0.5) is 0 Å². The Bertz CT molecular complexity index is 583. The molecule has 2 rings (SSSR count). The Kier molecular flexibility index (Phi) is 6.05. The van der Waals surface area contributed by atoms with E-state index >= 15 is 0 Å². The van der Waals surface area contributed by atoms with Crippen LogP contribution in [0, 0.1) is 11.8 Å². The minimum absolute atomic E-state index is 0.00136. The first kappa shape index (κ1) is 16.1. The second kappa shape index (κ2) is 8.26. The Morgan fingerprint density at radius 1 is 1.36 bits per heavy atom. The Balaban J connectivity index is 2.03. The van der Waals surface area contributed by atoms with E-state index < -0.39 is 0 Å². The lowest BCUT2D eigenvalue weighted by molar-refractivity contribution is -0.143. The average Bonchev–Trinajstić information content (AvgIpc) is 2.54. The van der Waals surface area contributed by atoms with Gasteiger partial charge in [0.05, 0.1) is 32.2 Å². The lowest BCUT2D eigenvalue weighted by Crippen LogP contribution is -2.43. The van der Waals surface area contributed by atoms with Crippen molar-refractivity contribution < 1.29 is 14.3 Å². The second-order valence-electron chi connectivity index (χ2n) is 4.96. The third-order valence-corrected chi connectivity index (χ3v) is 3.38. The van der Waals surface area contributed by atoms with Gasteiger partial charge in [-0.05, 0) is 31.6 Å². The molecule has 22 heavy (non-hydrogen) atoms. The van der Waals surface area contributed by atoms with E-state index in [2.05, 4.69) is 17.2 Å². The zero-order chi connectivity index (χ0) is 15.8. The quantitative estimate of drug-likeness (QED) is 0.684. The summed E-state index contributed by atoms with van der Waals surface area (Å²) in [4.78, 5) is 11.7. The highest BCUT2D eigenvalue weighted by Crippen LogP contribution is 2.17. The highest BCUT2D eigenvalue weighted by atomic mass is 16.5. The van der Waals surface area contributed by atoms with Gasteiger partial charge in [-0.1, -0.05) is 30.0 Å². The Morgan fingerprint density at radius 3 is 2.82 bits per heavy atom. The topological polar surface area (TPSA) is 47.6 Å². The molecule has 1 aromatic carbocycles. The van der Waals surface area contributed by atoms with Gasteiger partial charge in [0, 0.05) is 5.56 Å². The smallest absolute Gasteiger partial charge is 0.307 e. The van der Waals surface area contributed by atoms with Crippen molar-refractivity contribution in [1.82, 2.24) is 5.32 Å². The first-order chi connectivity index (χ1) is 10.7. The van der Waals surface area contributed by atoms with Crippen LogP contribution in [-0.4, -0.2) is 31.8 Å². The normalized spacial score (nSPS) is 20.4. The number of ether oxygens (including phenoxy) is 2. The maximum absolute atomic E-state index is 11.7. The number of hydrogen-bond donors (Lipinski definition) is 1. The number of carbonyl (C=O) groups excluding carboxylic acids is 1. The van der Waals surface area contributed by atoms with Crippen molar-refractivity contribution in [1.29, 1.82) is 0 Å². The first-order valence-corrected chi connectivity index (χ1v) is 7.45. The van der Waals surface area contributed by atoms with E-state index in [1.807, 2.05) is 36.4 Å². The number of carbonyl (C=O) groups is 1. The van der Waals surface area contributed by atoms with Gasteiger partial charge in [-0.3, -0.25) is 10.1 Å². The van der Waals surface area contributed by atoms with E-state index in [9.17, 15) is 4.79 Å². The molecule has 0 aromatic heterocycles. The fourth-order valence-corrected chi connectivity index (χ4v) is 2.33. The van der Waals surface area contributed by atoms with Crippen LogP contribution in [0.5, 0.6) is 0 Å². The molecule has 0 spiro atoms. The number of esters is 1. The van der Waals surface area contributed by atoms with Crippen LogP contribution < -0.4 is 5.32 Å². The molecule has 0 radical (unpaired) electrons. The monoisotopic (exact) mass is 299 g/mol. The molecule has 0 aliphatic carbocycles. The highest BCUT2D eigenvalue weighted by Gasteiger charge is 2.26. The van der Waals surface area contributed by atoms with Crippen molar-refractivity contribution in [3.05, 3.63) is 47.7 Å². The Hall–Kier alpha value is -2.25. The second-order valence-corrected chi connectivity index (χ2v) is 4.96. The lowest BCUT2D eigenvalue weighted by Gasteiger charge is -2.27. The molecule has 2 atom stereocenters. The number of rotatable bonds is 4. The van der Waals surface area contributed by atoms with E-state index in [1.54, 1.807) is 14.0 Å². The molecule has 116 valence electrons. The van der Waals surface area contributed by atoms with Crippen molar-refractivity contribution in [2.75, 3.05) is 13.7 Å². The molecular weight excluding hydrogens is 278 g/mol. The highest BCUT2D eigenvalue weighted by molar-refractivity contribution is 5.70. The third kappa shape index (κ3) is 4.64. The standard InChI is InChI=1S/C18H21NO3/c1-3-22-18(20)13-16-17(21-2)12-11-15(19-16)10-9-14-7-5-4-6-8-14/h4-8,12,15-16,19H,3,11,13H2,1-2H3/t15-,16+/m1/s1. The van der Waals surface area contributed by atoms with Gasteiger partial charge in [-0.2, -0.15) is 0 Å². The molecule has 1 N–H and O–H groups in total. The molecule has 1 aliphatic rings. The molecule has 1 aliphatic heterocycles. The van der Waals surface area contributed by atoms with Crippen molar-refractivity contribution in [3.8, 4) is 11.8 Å². The SMILES string of the molecule is CCOC(=O)C[C@@H]1N[C@H](C#Cc2ccccc2)CC=C1OC. The maximum Gasteiger partial charge on any atom is 0.307 e. The van der Waals surface area contributed by atoms with Gasteiger partial charge in [-0.25, -0.2) is 0 Å². The number of methoxy groups -OCH3 is 1. The summed E-state index contributed by atoms with van der Waals surface area (Å²) < 4.78 is 10.3.